The van der Waals surface area contributed by atoms with Crippen molar-refractivity contribution in [1.29, 1.82) is 0 Å². The smallest absolute Gasteiger partial charge is 0.259 e. The summed E-state index contributed by atoms with van der Waals surface area (Å²) in [5.74, 6) is 0.665. The van der Waals surface area contributed by atoms with E-state index in [-0.39, 0.29) is 11.8 Å². The summed E-state index contributed by atoms with van der Waals surface area (Å²) in [5.41, 5.74) is 4.87. The number of rotatable bonds is 7. The lowest BCUT2D eigenvalue weighted by Crippen LogP contribution is -2.48. The summed E-state index contributed by atoms with van der Waals surface area (Å²) in [7, 11) is 1.52. The molecule has 0 unspecified atom stereocenters. The second-order valence-electron chi connectivity index (χ2n) is 9.04. The minimum Gasteiger partial charge on any atom is -0.480 e. The number of nitrogens with one attached hydrogen (secondary N) is 2. The van der Waals surface area contributed by atoms with Gasteiger partial charge in [-0.05, 0) is 54.6 Å². The Hall–Kier alpha value is -4.99. The molecule has 5 rings (SSSR count). The summed E-state index contributed by atoms with van der Waals surface area (Å²) in [4.78, 5) is 41.4. The van der Waals surface area contributed by atoms with Gasteiger partial charge in [-0.2, -0.15) is 0 Å². The summed E-state index contributed by atoms with van der Waals surface area (Å²) < 4.78 is 5.25. The normalized spacial score (nSPS) is 13.1. The minimum absolute atomic E-state index is 0.0648. The molecule has 0 atom stereocenters. The highest BCUT2D eigenvalue weighted by atomic mass is 16.5. The zero-order chi connectivity index (χ0) is 27.2. The number of carbonyl (C=O) groups excluding carboxylic acids is 2. The molecule has 4 aromatic rings. The highest BCUT2D eigenvalue weighted by molar-refractivity contribution is 5.96. The Labute approximate surface area is 226 Å². The number of carbonyl (C=O) groups is 2. The van der Waals surface area contributed by atoms with Crippen LogP contribution in [0.4, 0.5) is 23.0 Å². The lowest BCUT2D eigenvalue weighted by atomic mass is 10.1. The van der Waals surface area contributed by atoms with E-state index < -0.39 is 0 Å². The van der Waals surface area contributed by atoms with E-state index in [1.807, 2.05) is 47.4 Å². The molecule has 1 aliphatic heterocycles. The fourth-order valence-corrected chi connectivity index (χ4v) is 4.45. The number of methoxy groups -OCH3 is 1. The van der Waals surface area contributed by atoms with Gasteiger partial charge in [-0.15, -0.1) is 0 Å². The largest absolute Gasteiger partial charge is 0.480 e. The van der Waals surface area contributed by atoms with Crippen molar-refractivity contribution in [3.63, 3.8) is 0 Å². The number of pyridine rings is 1. The van der Waals surface area contributed by atoms with Gasteiger partial charge in [0.05, 0.1) is 12.8 Å². The Morgan fingerprint density at radius 2 is 1.56 bits per heavy atom. The average molecular weight is 524 g/mol. The molecular weight excluding hydrogens is 494 g/mol. The van der Waals surface area contributed by atoms with E-state index in [9.17, 15) is 9.59 Å². The van der Waals surface area contributed by atoms with E-state index in [1.165, 1.54) is 14.0 Å². The zero-order valence-corrected chi connectivity index (χ0v) is 21.8. The molecule has 2 N–H and O–H groups in total. The molecule has 0 aliphatic carbocycles. The Bertz CT molecular complexity index is 1450. The maximum absolute atomic E-state index is 13.0. The van der Waals surface area contributed by atoms with Crippen LogP contribution in [0, 0.1) is 0 Å². The van der Waals surface area contributed by atoms with Gasteiger partial charge in [-0.25, -0.2) is 15.0 Å². The topological polar surface area (TPSA) is 113 Å². The summed E-state index contributed by atoms with van der Waals surface area (Å²) in [5, 5.41) is 6.03. The number of benzene rings is 2. The van der Waals surface area contributed by atoms with Crippen molar-refractivity contribution >= 4 is 34.8 Å². The van der Waals surface area contributed by atoms with Crippen molar-refractivity contribution in [2.45, 2.75) is 6.92 Å². The first kappa shape index (κ1) is 25.7. The molecule has 39 heavy (non-hydrogen) atoms. The molecule has 0 bridgehead atoms. The van der Waals surface area contributed by atoms with Crippen molar-refractivity contribution in [2.75, 3.05) is 48.8 Å². The molecule has 3 heterocycles. The van der Waals surface area contributed by atoms with Crippen molar-refractivity contribution in [1.82, 2.24) is 19.9 Å². The van der Waals surface area contributed by atoms with Gasteiger partial charge in [0, 0.05) is 68.1 Å². The third kappa shape index (κ3) is 6.12. The number of hydrogen-bond donors (Lipinski definition) is 2. The van der Waals surface area contributed by atoms with Gasteiger partial charge >= 0.3 is 0 Å². The Balaban J connectivity index is 1.19. The van der Waals surface area contributed by atoms with Crippen LogP contribution in [0.2, 0.25) is 0 Å². The van der Waals surface area contributed by atoms with Crippen molar-refractivity contribution in [2.24, 2.45) is 0 Å². The lowest BCUT2D eigenvalue weighted by molar-refractivity contribution is -0.114. The van der Waals surface area contributed by atoms with Gasteiger partial charge < -0.3 is 25.2 Å². The zero-order valence-electron chi connectivity index (χ0n) is 21.8. The molecule has 2 amide bonds. The monoisotopic (exact) mass is 523 g/mol. The van der Waals surface area contributed by atoms with Crippen LogP contribution in [0.5, 0.6) is 5.88 Å². The molecule has 10 nitrogen and oxygen atoms in total. The predicted octanol–water partition coefficient (Wildman–Crippen LogP) is 4.21. The first-order chi connectivity index (χ1) is 19.0. The Kier molecular flexibility index (Phi) is 7.63. The molecule has 10 heteroatoms. The molecule has 1 fully saturated rings. The molecule has 0 spiro atoms. The molecule has 1 aliphatic rings. The number of anilines is 4. The fraction of sp³-hybridized carbons (Fsp3) is 0.207. The van der Waals surface area contributed by atoms with Gasteiger partial charge in [0.1, 0.15) is 5.56 Å². The van der Waals surface area contributed by atoms with Gasteiger partial charge in [0.2, 0.25) is 17.7 Å². The highest BCUT2D eigenvalue weighted by Crippen LogP contribution is 2.24. The van der Waals surface area contributed by atoms with E-state index in [0.717, 1.165) is 41.4 Å². The van der Waals surface area contributed by atoms with E-state index in [0.29, 0.717) is 30.5 Å². The predicted molar refractivity (Wildman–Crippen MR) is 150 cm³/mol. The lowest BCUT2D eigenvalue weighted by Gasteiger charge is -2.36. The molecular formula is C29H29N7O3. The van der Waals surface area contributed by atoms with Gasteiger partial charge in [0.25, 0.3) is 5.91 Å². The standard InChI is InChI=1S/C29H29N7O3/c1-20(37)32-22-7-5-21(6-8-22)26-13-15-31-29(34-26)33-23-9-11-24(12-10-23)35-16-18-36(19-17-35)28(38)25-4-3-14-30-27(25)39-2/h3-15H,16-19H2,1-2H3,(H,32,37)(H,31,33,34). The quantitative estimate of drug-likeness (QED) is 0.371. The van der Waals surface area contributed by atoms with Crippen LogP contribution in [-0.2, 0) is 4.79 Å². The highest BCUT2D eigenvalue weighted by Gasteiger charge is 2.24. The van der Waals surface area contributed by atoms with Gasteiger partial charge in [-0.1, -0.05) is 12.1 Å². The average Bonchev–Trinajstić information content (AvgIpc) is 2.97. The molecule has 0 saturated carbocycles. The Morgan fingerprint density at radius 3 is 2.26 bits per heavy atom. The van der Waals surface area contributed by atoms with Crippen molar-refractivity contribution in [3.05, 3.63) is 84.7 Å². The van der Waals surface area contributed by atoms with Crippen LogP contribution in [0.3, 0.4) is 0 Å². The summed E-state index contributed by atoms with van der Waals surface area (Å²) in [6, 6.07) is 20.9. The van der Waals surface area contributed by atoms with Crippen LogP contribution in [0.25, 0.3) is 11.3 Å². The van der Waals surface area contributed by atoms with E-state index in [1.54, 1.807) is 24.5 Å². The van der Waals surface area contributed by atoms with Crippen LogP contribution in [0.1, 0.15) is 17.3 Å². The third-order valence-electron chi connectivity index (χ3n) is 6.41. The third-order valence-corrected chi connectivity index (χ3v) is 6.41. The number of amides is 2. The first-order valence-corrected chi connectivity index (χ1v) is 12.6. The Morgan fingerprint density at radius 1 is 0.846 bits per heavy atom. The molecule has 2 aromatic heterocycles. The van der Waals surface area contributed by atoms with Gasteiger partial charge in [0.15, 0.2) is 0 Å². The molecule has 2 aromatic carbocycles. The minimum atomic E-state index is -0.110. The molecule has 198 valence electrons. The van der Waals surface area contributed by atoms with Crippen molar-refractivity contribution in [3.8, 4) is 17.1 Å². The molecule has 0 radical (unpaired) electrons. The fourth-order valence-electron chi connectivity index (χ4n) is 4.45. The van der Waals surface area contributed by atoms with Crippen molar-refractivity contribution < 1.29 is 14.3 Å². The number of ether oxygens (including phenoxy) is 1. The van der Waals surface area contributed by atoms with Gasteiger partial charge in [-0.3, -0.25) is 9.59 Å². The summed E-state index contributed by atoms with van der Waals surface area (Å²) >= 11 is 0. The first-order valence-electron chi connectivity index (χ1n) is 12.6. The second kappa shape index (κ2) is 11.6. The number of aromatic nitrogens is 3. The number of hydrogen-bond acceptors (Lipinski definition) is 8. The SMILES string of the molecule is COc1ncccc1C(=O)N1CCN(c2ccc(Nc3nccc(-c4ccc(NC(C)=O)cc4)n3)cc2)CC1. The van der Waals surface area contributed by atoms with Crippen LogP contribution < -0.4 is 20.3 Å². The maximum atomic E-state index is 13.0. The second-order valence-corrected chi connectivity index (χ2v) is 9.04. The van der Waals surface area contributed by atoms with E-state index in [4.69, 9.17) is 4.74 Å². The summed E-state index contributed by atoms with van der Waals surface area (Å²) in [6.07, 6.45) is 3.33. The summed E-state index contributed by atoms with van der Waals surface area (Å²) in [6.45, 7) is 4.17. The molecule has 1 saturated heterocycles. The van der Waals surface area contributed by atoms with E-state index >= 15 is 0 Å². The van der Waals surface area contributed by atoms with Crippen LogP contribution in [0.15, 0.2) is 79.1 Å². The maximum Gasteiger partial charge on any atom is 0.259 e. The number of nitrogens with zero attached hydrogens (tertiary/aromatic N) is 5. The number of piperazine rings is 1. The van der Waals surface area contributed by atoms with E-state index in [2.05, 4.69) is 42.6 Å². The van der Waals surface area contributed by atoms with Crippen LogP contribution in [-0.4, -0.2) is 65.0 Å². The van der Waals surface area contributed by atoms with Crippen LogP contribution >= 0.6 is 0 Å².